The van der Waals surface area contributed by atoms with Crippen molar-refractivity contribution in [2.75, 3.05) is 12.0 Å². The summed E-state index contributed by atoms with van der Waals surface area (Å²) in [4.78, 5) is 28.7. The second-order valence-corrected chi connectivity index (χ2v) is 11.0. The minimum absolute atomic E-state index is 0.0244. The highest BCUT2D eigenvalue weighted by molar-refractivity contribution is 6.52. The molecule has 1 N–H and O–H groups in total. The van der Waals surface area contributed by atoms with E-state index in [0.29, 0.717) is 22.0 Å². The van der Waals surface area contributed by atoms with Crippen molar-refractivity contribution in [2.45, 2.75) is 32.2 Å². The number of amides is 1. The standard InChI is InChI=1S/C31H29ClN2O4/c1-31(2,3)23-15-18(13-14-25(23)38-5)28(35)26-27(22-17-33(4)24-12-7-6-11-21(22)24)34(30(37)29(26)36)20-10-8-9-19(32)16-20/h6-17,27,35H,1-5H3/b28-26+. The quantitative estimate of drug-likeness (QED) is 0.180. The fourth-order valence-electron chi connectivity index (χ4n) is 5.21. The summed E-state index contributed by atoms with van der Waals surface area (Å²) < 4.78 is 7.51. The maximum absolute atomic E-state index is 13.6. The lowest BCUT2D eigenvalue weighted by molar-refractivity contribution is -0.132. The number of para-hydroxylation sites is 1. The fraction of sp³-hybridized carbons (Fsp3) is 0.226. The normalized spacial score (nSPS) is 17.4. The summed E-state index contributed by atoms with van der Waals surface area (Å²) in [7, 11) is 3.51. The number of rotatable bonds is 4. The summed E-state index contributed by atoms with van der Waals surface area (Å²) in [6.45, 7) is 6.13. The highest BCUT2D eigenvalue weighted by atomic mass is 35.5. The number of nitrogens with zero attached hydrogens (tertiary/aromatic N) is 2. The number of ether oxygens (including phenoxy) is 1. The van der Waals surface area contributed by atoms with E-state index in [4.69, 9.17) is 16.3 Å². The summed E-state index contributed by atoms with van der Waals surface area (Å²) in [6, 6.07) is 19.0. The minimum atomic E-state index is -0.861. The van der Waals surface area contributed by atoms with E-state index in [2.05, 4.69) is 0 Å². The van der Waals surface area contributed by atoms with Gasteiger partial charge in [-0.05, 0) is 47.9 Å². The molecule has 1 atom stereocenters. The molecule has 1 saturated heterocycles. The van der Waals surface area contributed by atoms with Gasteiger partial charge in [0.25, 0.3) is 11.7 Å². The smallest absolute Gasteiger partial charge is 0.300 e. The van der Waals surface area contributed by atoms with Crippen molar-refractivity contribution in [3.8, 4) is 5.75 Å². The van der Waals surface area contributed by atoms with Crippen molar-refractivity contribution in [3.63, 3.8) is 0 Å². The van der Waals surface area contributed by atoms with Crippen LogP contribution >= 0.6 is 11.6 Å². The number of Topliss-reactive ketones (excluding diaryl/α,β-unsaturated/α-hetero) is 1. The third-order valence-electron chi connectivity index (χ3n) is 7.03. The van der Waals surface area contributed by atoms with Crippen LogP contribution in [0.25, 0.3) is 16.7 Å². The SMILES string of the molecule is COc1ccc(/C(O)=C2\C(=O)C(=O)N(c3cccc(Cl)c3)C2c2cn(C)c3ccccc23)cc1C(C)(C)C. The summed E-state index contributed by atoms with van der Waals surface area (Å²) in [5.74, 6) is -1.04. The molecule has 1 aromatic heterocycles. The predicted octanol–water partition coefficient (Wildman–Crippen LogP) is 6.76. The topological polar surface area (TPSA) is 71.8 Å². The first-order chi connectivity index (χ1) is 18.0. The average molecular weight is 529 g/mol. The number of methoxy groups -OCH3 is 1. The number of aryl methyl sites for hydroxylation is 1. The molecule has 0 aliphatic carbocycles. The average Bonchev–Trinajstić information content (AvgIpc) is 3.36. The number of hydrogen-bond donors (Lipinski definition) is 1. The number of benzene rings is 3. The van der Waals surface area contributed by atoms with E-state index in [1.807, 2.05) is 68.9 Å². The van der Waals surface area contributed by atoms with Crippen LogP contribution in [0.3, 0.4) is 0 Å². The van der Waals surface area contributed by atoms with Crippen LogP contribution in [0.4, 0.5) is 5.69 Å². The zero-order valence-electron chi connectivity index (χ0n) is 21.9. The molecule has 0 saturated carbocycles. The van der Waals surface area contributed by atoms with Crippen LogP contribution in [0.15, 0.2) is 78.5 Å². The van der Waals surface area contributed by atoms with Crippen molar-refractivity contribution in [1.29, 1.82) is 0 Å². The number of aliphatic hydroxyl groups is 1. The van der Waals surface area contributed by atoms with Gasteiger partial charge in [0.2, 0.25) is 0 Å². The van der Waals surface area contributed by atoms with Crippen LogP contribution in [0, 0.1) is 0 Å². The van der Waals surface area contributed by atoms with E-state index in [-0.39, 0.29) is 16.7 Å². The maximum atomic E-state index is 13.6. The maximum Gasteiger partial charge on any atom is 0.300 e. The summed E-state index contributed by atoms with van der Waals surface area (Å²) >= 11 is 6.28. The second-order valence-electron chi connectivity index (χ2n) is 10.5. The molecule has 0 radical (unpaired) electrons. The van der Waals surface area contributed by atoms with Crippen molar-refractivity contribution in [1.82, 2.24) is 4.57 Å². The molecule has 6 nitrogen and oxygen atoms in total. The first-order valence-corrected chi connectivity index (χ1v) is 12.7. The monoisotopic (exact) mass is 528 g/mol. The lowest BCUT2D eigenvalue weighted by atomic mass is 9.84. The Labute approximate surface area is 226 Å². The molecule has 0 spiro atoms. The van der Waals surface area contributed by atoms with Gasteiger partial charge in [0, 0.05) is 51.5 Å². The summed E-state index contributed by atoms with van der Waals surface area (Å²) in [5, 5.41) is 13.0. The zero-order valence-corrected chi connectivity index (χ0v) is 22.7. The Kier molecular flexibility index (Phi) is 6.32. The highest BCUT2D eigenvalue weighted by Gasteiger charge is 2.48. The van der Waals surface area contributed by atoms with Gasteiger partial charge in [-0.2, -0.15) is 0 Å². The van der Waals surface area contributed by atoms with Crippen molar-refractivity contribution >= 4 is 45.6 Å². The third-order valence-corrected chi connectivity index (χ3v) is 7.27. The number of carbonyl (C=O) groups is 2. The zero-order chi connectivity index (χ0) is 27.4. The van der Waals surface area contributed by atoms with E-state index < -0.39 is 17.7 Å². The van der Waals surface area contributed by atoms with Crippen molar-refractivity contribution < 1.29 is 19.4 Å². The molecule has 2 heterocycles. The Hall–Kier alpha value is -4.03. The number of halogens is 1. The number of fused-ring (bicyclic) bond motifs is 1. The van der Waals surface area contributed by atoms with Crippen LogP contribution in [-0.2, 0) is 22.1 Å². The van der Waals surface area contributed by atoms with Crippen LogP contribution in [0.5, 0.6) is 5.75 Å². The van der Waals surface area contributed by atoms with Gasteiger partial charge in [-0.1, -0.05) is 56.6 Å². The molecule has 38 heavy (non-hydrogen) atoms. The van der Waals surface area contributed by atoms with Crippen molar-refractivity contribution in [2.24, 2.45) is 7.05 Å². The van der Waals surface area contributed by atoms with Gasteiger partial charge in [-0.25, -0.2) is 0 Å². The van der Waals surface area contributed by atoms with Gasteiger partial charge in [-0.3, -0.25) is 14.5 Å². The fourth-order valence-corrected chi connectivity index (χ4v) is 5.39. The molecule has 0 bridgehead atoms. The van der Waals surface area contributed by atoms with Crippen LogP contribution in [-0.4, -0.2) is 28.5 Å². The van der Waals surface area contributed by atoms with Gasteiger partial charge in [0.05, 0.1) is 18.7 Å². The number of hydrogen-bond acceptors (Lipinski definition) is 4. The van der Waals surface area contributed by atoms with Gasteiger partial charge in [-0.15, -0.1) is 0 Å². The Morgan fingerprint density at radius 2 is 1.74 bits per heavy atom. The molecule has 1 amide bonds. The van der Waals surface area contributed by atoms with E-state index in [0.717, 1.165) is 22.0 Å². The van der Waals surface area contributed by atoms with Crippen LogP contribution < -0.4 is 9.64 Å². The number of ketones is 1. The molecule has 1 unspecified atom stereocenters. The largest absolute Gasteiger partial charge is 0.507 e. The van der Waals surface area contributed by atoms with E-state index in [1.54, 1.807) is 43.5 Å². The molecular weight excluding hydrogens is 500 g/mol. The van der Waals surface area contributed by atoms with E-state index >= 15 is 0 Å². The second kappa shape index (κ2) is 9.37. The number of carbonyl (C=O) groups excluding carboxylic acids is 2. The number of aromatic nitrogens is 1. The van der Waals surface area contributed by atoms with E-state index in [1.165, 1.54) is 4.90 Å². The van der Waals surface area contributed by atoms with Gasteiger partial charge in [0.15, 0.2) is 0 Å². The lowest BCUT2D eigenvalue weighted by Gasteiger charge is -2.26. The number of anilines is 1. The molecule has 3 aromatic carbocycles. The number of aliphatic hydroxyl groups excluding tert-OH is 1. The predicted molar refractivity (Wildman–Crippen MR) is 151 cm³/mol. The van der Waals surface area contributed by atoms with Crippen LogP contribution in [0.1, 0.15) is 43.5 Å². The molecule has 1 aliphatic heterocycles. The van der Waals surface area contributed by atoms with Gasteiger partial charge in [0.1, 0.15) is 11.5 Å². The Morgan fingerprint density at radius 1 is 1.00 bits per heavy atom. The summed E-state index contributed by atoms with van der Waals surface area (Å²) in [6.07, 6.45) is 1.90. The Balaban J connectivity index is 1.80. The van der Waals surface area contributed by atoms with Crippen LogP contribution in [0.2, 0.25) is 5.02 Å². The molecule has 1 fully saturated rings. The summed E-state index contributed by atoms with van der Waals surface area (Å²) in [5.41, 5.74) is 3.19. The minimum Gasteiger partial charge on any atom is -0.507 e. The third kappa shape index (κ3) is 4.15. The molecule has 194 valence electrons. The highest BCUT2D eigenvalue weighted by Crippen LogP contribution is 2.45. The molecule has 1 aliphatic rings. The molecule has 7 heteroatoms. The first kappa shape index (κ1) is 25.6. The van der Waals surface area contributed by atoms with Gasteiger partial charge >= 0.3 is 0 Å². The molecule has 4 aromatic rings. The van der Waals surface area contributed by atoms with Gasteiger partial charge < -0.3 is 14.4 Å². The Morgan fingerprint density at radius 3 is 2.42 bits per heavy atom. The first-order valence-electron chi connectivity index (χ1n) is 12.3. The van der Waals surface area contributed by atoms with Crippen molar-refractivity contribution in [3.05, 3.63) is 100 Å². The lowest BCUT2D eigenvalue weighted by Crippen LogP contribution is -2.29. The van der Waals surface area contributed by atoms with E-state index in [9.17, 15) is 14.7 Å². The Bertz CT molecular complexity index is 1630. The molecule has 5 rings (SSSR count). The molecular formula is C31H29ClN2O4.